The molecule has 16 heavy (non-hydrogen) atoms. The molecule has 0 amide bonds. The third kappa shape index (κ3) is 9.08. The van der Waals surface area contributed by atoms with Crippen LogP contribution in [0.2, 0.25) is 0 Å². The molecule has 0 aromatic heterocycles. The second-order valence-corrected chi connectivity index (χ2v) is 4.13. The number of carbonyl (C=O) groups excluding carboxylic acids is 1. The molecular weight excluding hydrogens is 280 g/mol. The summed E-state index contributed by atoms with van der Waals surface area (Å²) in [6.07, 6.45) is 0.796. The minimum atomic E-state index is -0.396. The molecule has 96 valence electrons. The van der Waals surface area contributed by atoms with Crippen LogP contribution < -0.4 is 0 Å². The monoisotopic (exact) mass is 298 g/mol. The summed E-state index contributed by atoms with van der Waals surface area (Å²) in [4.78, 5) is 10.6. The summed E-state index contributed by atoms with van der Waals surface area (Å²) < 4.78 is 19.9. The van der Waals surface area contributed by atoms with Crippen molar-refractivity contribution in [1.82, 2.24) is 0 Å². The smallest absolute Gasteiger partial charge is 0.321 e. The van der Waals surface area contributed by atoms with E-state index in [9.17, 15) is 4.79 Å². The Morgan fingerprint density at radius 1 is 1.12 bits per heavy atom. The van der Waals surface area contributed by atoms with Crippen LogP contribution >= 0.6 is 15.9 Å². The molecule has 0 rings (SSSR count). The third-order valence-corrected chi connectivity index (χ3v) is 2.37. The van der Waals surface area contributed by atoms with Crippen molar-refractivity contribution in [1.29, 1.82) is 0 Å². The van der Waals surface area contributed by atoms with Crippen LogP contribution in [0.15, 0.2) is 0 Å². The number of hydrogen-bond acceptors (Lipinski definition) is 5. The van der Waals surface area contributed by atoms with Crippen LogP contribution in [-0.4, -0.2) is 58.1 Å². The van der Waals surface area contributed by atoms with Gasteiger partial charge < -0.3 is 18.9 Å². The van der Waals surface area contributed by atoms with Gasteiger partial charge in [-0.05, 0) is 6.42 Å². The van der Waals surface area contributed by atoms with Gasteiger partial charge in [0.1, 0.15) is 4.83 Å². The van der Waals surface area contributed by atoms with Crippen molar-refractivity contribution in [3.8, 4) is 0 Å². The van der Waals surface area contributed by atoms with E-state index < -0.39 is 4.83 Å². The molecule has 0 aliphatic heterocycles. The summed E-state index contributed by atoms with van der Waals surface area (Å²) >= 11 is 3.16. The molecule has 0 bridgehead atoms. The van der Waals surface area contributed by atoms with E-state index in [0.29, 0.717) is 33.0 Å². The second-order valence-electron chi connectivity index (χ2n) is 3.02. The van der Waals surface area contributed by atoms with E-state index in [2.05, 4.69) is 20.7 Å². The SMILES string of the molecule is COCCOCCCOCC(Br)C(=O)OC. The largest absolute Gasteiger partial charge is 0.468 e. The molecule has 0 saturated carbocycles. The van der Waals surface area contributed by atoms with Crippen molar-refractivity contribution in [2.75, 3.05) is 47.3 Å². The van der Waals surface area contributed by atoms with Crippen LogP contribution in [0.4, 0.5) is 0 Å². The fraction of sp³-hybridized carbons (Fsp3) is 0.900. The number of methoxy groups -OCH3 is 2. The summed E-state index contributed by atoms with van der Waals surface area (Å²) in [6, 6.07) is 0. The summed E-state index contributed by atoms with van der Waals surface area (Å²) in [5, 5.41) is 0. The number of alkyl halides is 1. The van der Waals surface area contributed by atoms with Gasteiger partial charge in [0, 0.05) is 20.3 Å². The van der Waals surface area contributed by atoms with Gasteiger partial charge in [0.05, 0.1) is 26.9 Å². The molecule has 5 nitrogen and oxygen atoms in total. The minimum absolute atomic E-state index is 0.310. The minimum Gasteiger partial charge on any atom is -0.468 e. The van der Waals surface area contributed by atoms with E-state index >= 15 is 0 Å². The van der Waals surface area contributed by atoms with Crippen molar-refractivity contribution in [2.24, 2.45) is 0 Å². The molecule has 0 aliphatic carbocycles. The highest BCUT2D eigenvalue weighted by molar-refractivity contribution is 9.10. The maximum Gasteiger partial charge on any atom is 0.321 e. The van der Waals surface area contributed by atoms with Gasteiger partial charge in [-0.2, -0.15) is 0 Å². The van der Waals surface area contributed by atoms with Crippen molar-refractivity contribution in [2.45, 2.75) is 11.2 Å². The second kappa shape index (κ2) is 11.3. The lowest BCUT2D eigenvalue weighted by molar-refractivity contribution is -0.140. The maximum atomic E-state index is 11.0. The van der Waals surface area contributed by atoms with Gasteiger partial charge >= 0.3 is 5.97 Å². The highest BCUT2D eigenvalue weighted by Crippen LogP contribution is 2.02. The fourth-order valence-corrected chi connectivity index (χ4v) is 1.26. The Bertz CT molecular complexity index is 177. The fourth-order valence-electron chi connectivity index (χ4n) is 0.890. The first-order chi connectivity index (χ1) is 7.72. The number of rotatable bonds is 10. The van der Waals surface area contributed by atoms with E-state index in [-0.39, 0.29) is 5.97 Å². The zero-order chi connectivity index (χ0) is 12.2. The summed E-state index contributed by atoms with van der Waals surface area (Å²) in [6.45, 7) is 2.71. The lowest BCUT2D eigenvalue weighted by atomic mass is 10.4. The average Bonchev–Trinajstić information content (AvgIpc) is 2.31. The van der Waals surface area contributed by atoms with Gasteiger partial charge in [-0.3, -0.25) is 4.79 Å². The molecular formula is C10H19BrO5. The number of ether oxygens (including phenoxy) is 4. The van der Waals surface area contributed by atoms with Gasteiger partial charge in [-0.15, -0.1) is 0 Å². The van der Waals surface area contributed by atoms with Gasteiger partial charge in [-0.25, -0.2) is 0 Å². The Hall–Kier alpha value is -0.170. The normalized spacial score (nSPS) is 12.4. The molecule has 0 spiro atoms. The molecule has 0 aromatic rings. The summed E-state index contributed by atoms with van der Waals surface area (Å²) in [5.74, 6) is -0.323. The molecule has 0 heterocycles. The molecule has 0 fully saturated rings. The first-order valence-corrected chi connectivity index (χ1v) is 6.00. The lowest BCUT2D eigenvalue weighted by Gasteiger charge is -2.08. The van der Waals surface area contributed by atoms with E-state index in [1.54, 1.807) is 7.11 Å². The van der Waals surface area contributed by atoms with Crippen molar-refractivity contribution in [3.63, 3.8) is 0 Å². The summed E-state index contributed by atoms with van der Waals surface area (Å²) in [5.41, 5.74) is 0. The average molecular weight is 299 g/mol. The van der Waals surface area contributed by atoms with E-state index in [4.69, 9.17) is 14.2 Å². The predicted octanol–water partition coefficient (Wildman–Crippen LogP) is 0.993. The van der Waals surface area contributed by atoms with Gasteiger partial charge in [0.15, 0.2) is 0 Å². The Kier molecular flexibility index (Phi) is 11.2. The molecule has 0 N–H and O–H groups in total. The quantitative estimate of drug-likeness (QED) is 0.342. The van der Waals surface area contributed by atoms with Gasteiger partial charge in [0.25, 0.3) is 0 Å². The maximum absolute atomic E-state index is 11.0. The highest BCUT2D eigenvalue weighted by atomic mass is 79.9. The standard InChI is InChI=1S/C10H19BrO5/c1-13-6-7-15-4-3-5-16-8-9(11)10(12)14-2/h9H,3-8H2,1-2H3. The Morgan fingerprint density at radius 2 is 1.81 bits per heavy atom. The van der Waals surface area contributed by atoms with E-state index in [1.165, 1.54) is 7.11 Å². The number of halogens is 1. The van der Waals surface area contributed by atoms with Crippen LogP contribution in [0.5, 0.6) is 0 Å². The molecule has 0 saturated heterocycles. The van der Waals surface area contributed by atoms with Crippen LogP contribution in [0.25, 0.3) is 0 Å². The number of carbonyl (C=O) groups is 1. The zero-order valence-corrected chi connectivity index (χ0v) is 11.3. The summed E-state index contributed by atoms with van der Waals surface area (Å²) in [7, 11) is 2.98. The first kappa shape index (κ1) is 15.8. The van der Waals surface area contributed by atoms with Crippen LogP contribution in [0, 0.1) is 0 Å². The number of esters is 1. The molecule has 0 aromatic carbocycles. The Balaban J connectivity index is 3.17. The van der Waals surface area contributed by atoms with Crippen LogP contribution in [0.1, 0.15) is 6.42 Å². The van der Waals surface area contributed by atoms with Gasteiger partial charge in [0.2, 0.25) is 0 Å². The van der Waals surface area contributed by atoms with E-state index in [1.807, 2.05) is 0 Å². The van der Waals surface area contributed by atoms with Crippen LogP contribution in [0.3, 0.4) is 0 Å². The predicted molar refractivity (Wildman–Crippen MR) is 62.9 cm³/mol. The number of hydrogen-bond donors (Lipinski definition) is 0. The van der Waals surface area contributed by atoms with E-state index in [0.717, 1.165) is 6.42 Å². The highest BCUT2D eigenvalue weighted by Gasteiger charge is 2.14. The topological polar surface area (TPSA) is 54.0 Å². The molecule has 0 aliphatic rings. The van der Waals surface area contributed by atoms with Crippen LogP contribution in [-0.2, 0) is 23.7 Å². The third-order valence-electron chi connectivity index (χ3n) is 1.73. The molecule has 6 heteroatoms. The Labute approximate surface area is 105 Å². The van der Waals surface area contributed by atoms with Crippen molar-refractivity contribution < 1.29 is 23.7 Å². The molecule has 1 atom stereocenters. The lowest BCUT2D eigenvalue weighted by Crippen LogP contribution is -2.21. The zero-order valence-electron chi connectivity index (χ0n) is 9.74. The molecule has 0 radical (unpaired) electrons. The van der Waals surface area contributed by atoms with Gasteiger partial charge in [-0.1, -0.05) is 15.9 Å². The molecule has 1 unspecified atom stereocenters. The Morgan fingerprint density at radius 3 is 2.44 bits per heavy atom. The first-order valence-electron chi connectivity index (χ1n) is 5.08. The van der Waals surface area contributed by atoms with Crippen molar-refractivity contribution >= 4 is 21.9 Å². The van der Waals surface area contributed by atoms with Crippen molar-refractivity contribution in [3.05, 3.63) is 0 Å².